The normalized spacial score (nSPS) is 10.9. The molecule has 20 heavy (non-hydrogen) atoms. The van der Waals surface area contributed by atoms with Gasteiger partial charge in [0.05, 0.1) is 17.1 Å². The molecule has 0 aliphatic rings. The van der Waals surface area contributed by atoms with Gasteiger partial charge in [-0.1, -0.05) is 0 Å². The van der Waals surface area contributed by atoms with Crippen molar-refractivity contribution in [1.82, 2.24) is 19.6 Å². The van der Waals surface area contributed by atoms with Gasteiger partial charge in [-0.2, -0.15) is 5.10 Å². The van der Waals surface area contributed by atoms with E-state index in [1.54, 1.807) is 0 Å². The maximum atomic E-state index is 4.44. The molecule has 3 heterocycles. The zero-order chi connectivity index (χ0) is 14.1. The fraction of sp³-hybridized carbons (Fsp3) is 0.267. The van der Waals surface area contributed by atoms with Crippen LogP contribution in [0, 0.1) is 20.8 Å². The van der Waals surface area contributed by atoms with Gasteiger partial charge in [-0.05, 0) is 32.9 Å². The molecule has 0 aliphatic heterocycles. The molecule has 5 heteroatoms. The third-order valence-corrected chi connectivity index (χ3v) is 3.20. The Balaban J connectivity index is 1.79. The molecule has 0 fully saturated rings. The molecule has 0 radical (unpaired) electrons. The molecule has 0 bridgehead atoms. The third kappa shape index (κ3) is 2.47. The van der Waals surface area contributed by atoms with E-state index in [4.69, 9.17) is 0 Å². The minimum Gasteiger partial charge on any atom is -0.379 e. The zero-order valence-electron chi connectivity index (χ0n) is 11.9. The van der Waals surface area contributed by atoms with E-state index in [1.165, 1.54) is 0 Å². The lowest BCUT2D eigenvalue weighted by Gasteiger charge is -2.09. The van der Waals surface area contributed by atoms with Crippen LogP contribution in [-0.2, 0) is 6.54 Å². The molecule has 3 rings (SSSR count). The Labute approximate surface area is 117 Å². The molecule has 0 amide bonds. The summed E-state index contributed by atoms with van der Waals surface area (Å²) in [5.41, 5.74) is 6.02. The number of anilines is 1. The second-order valence-electron chi connectivity index (χ2n) is 4.99. The van der Waals surface area contributed by atoms with Gasteiger partial charge >= 0.3 is 0 Å². The van der Waals surface area contributed by atoms with Crippen LogP contribution in [0.2, 0.25) is 0 Å². The Hall–Kier alpha value is -2.43. The maximum absolute atomic E-state index is 4.44. The predicted molar refractivity (Wildman–Crippen MR) is 78.8 cm³/mol. The molecule has 3 aromatic heterocycles. The van der Waals surface area contributed by atoms with Crippen LogP contribution < -0.4 is 5.32 Å². The summed E-state index contributed by atoms with van der Waals surface area (Å²) in [5.74, 6) is 0. The number of aryl methyl sites for hydroxylation is 3. The summed E-state index contributed by atoms with van der Waals surface area (Å²) in [7, 11) is 0. The minimum atomic E-state index is 0.702. The Bertz CT molecular complexity index is 760. The van der Waals surface area contributed by atoms with Crippen LogP contribution in [0.4, 0.5) is 5.69 Å². The van der Waals surface area contributed by atoms with E-state index in [1.807, 2.05) is 49.8 Å². The Morgan fingerprint density at radius 2 is 2.00 bits per heavy atom. The lowest BCUT2D eigenvalue weighted by atomic mass is 10.2. The molecule has 0 saturated carbocycles. The van der Waals surface area contributed by atoms with Crippen LogP contribution >= 0.6 is 0 Å². The average Bonchev–Trinajstić information content (AvgIpc) is 2.77. The van der Waals surface area contributed by atoms with E-state index in [-0.39, 0.29) is 0 Å². The number of pyridine rings is 1. The molecule has 0 unspecified atom stereocenters. The largest absolute Gasteiger partial charge is 0.379 e. The minimum absolute atomic E-state index is 0.702. The van der Waals surface area contributed by atoms with Gasteiger partial charge in [0.1, 0.15) is 0 Å². The topological polar surface area (TPSA) is 55.1 Å². The van der Waals surface area contributed by atoms with E-state index in [9.17, 15) is 0 Å². The first kappa shape index (κ1) is 12.6. The van der Waals surface area contributed by atoms with E-state index in [0.717, 1.165) is 34.0 Å². The van der Waals surface area contributed by atoms with Crippen molar-refractivity contribution in [1.29, 1.82) is 0 Å². The molecule has 0 aliphatic carbocycles. The highest BCUT2D eigenvalue weighted by Gasteiger charge is 2.03. The van der Waals surface area contributed by atoms with E-state index in [2.05, 4.69) is 26.4 Å². The van der Waals surface area contributed by atoms with Crippen molar-refractivity contribution in [2.75, 3.05) is 5.32 Å². The van der Waals surface area contributed by atoms with Gasteiger partial charge in [0.25, 0.3) is 0 Å². The van der Waals surface area contributed by atoms with Crippen molar-refractivity contribution >= 4 is 11.3 Å². The Morgan fingerprint density at radius 3 is 2.80 bits per heavy atom. The standard InChI is InChI=1S/C15H17N5/c1-10-4-5-14(12(3)18-10)16-7-13-8-17-15-6-11(2)19-20(15)9-13/h4-6,8-9,16H,7H2,1-3H3. The molecular formula is C15H17N5. The van der Waals surface area contributed by atoms with Gasteiger partial charge in [-0.3, -0.25) is 4.98 Å². The molecule has 0 aromatic carbocycles. The lowest BCUT2D eigenvalue weighted by molar-refractivity contribution is 0.894. The second kappa shape index (κ2) is 4.92. The number of hydrogen-bond donors (Lipinski definition) is 1. The van der Waals surface area contributed by atoms with Crippen LogP contribution in [-0.4, -0.2) is 19.6 Å². The van der Waals surface area contributed by atoms with Crippen LogP contribution in [0.1, 0.15) is 22.6 Å². The summed E-state index contributed by atoms with van der Waals surface area (Å²) in [6.45, 7) is 6.67. The monoisotopic (exact) mass is 267 g/mol. The van der Waals surface area contributed by atoms with E-state index in [0.29, 0.717) is 6.54 Å². The van der Waals surface area contributed by atoms with Crippen molar-refractivity contribution in [3.05, 3.63) is 53.2 Å². The molecular weight excluding hydrogens is 250 g/mol. The Morgan fingerprint density at radius 1 is 1.15 bits per heavy atom. The first-order valence-corrected chi connectivity index (χ1v) is 6.61. The van der Waals surface area contributed by atoms with Gasteiger partial charge in [0.15, 0.2) is 5.65 Å². The molecule has 0 atom stereocenters. The molecule has 0 saturated heterocycles. The molecule has 1 N–H and O–H groups in total. The quantitative estimate of drug-likeness (QED) is 0.792. The van der Waals surface area contributed by atoms with Crippen LogP contribution in [0.15, 0.2) is 30.6 Å². The number of rotatable bonds is 3. The summed E-state index contributed by atoms with van der Waals surface area (Å²) in [6.07, 6.45) is 3.87. The summed E-state index contributed by atoms with van der Waals surface area (Å²) in [5, 5.41) is 7.76. The first-order chi connectivity index (χ1) is 9.61. The smallest absolute Gasteiger partial charge is 0.155 e. The Kier molecular flexibility index (Phi) is 3.10. The highest BCUT2D eigenvalue weighted by atomic mass is 15.2. The molecule has 0 spiro atoms. The molecule has 3 aromatic rings. The first-order valence-electron chi connectivity index (χ1n) is 6.61. The van der Waals surface area contributed by atoms with Crippen molar-refractivity contribution in [2.24, 2.45) is 0 Å². The van der Waals surface area contributed by atoms with Crippen molar-refractivity contribution in [3.8, 4) is 0 Å². The molecule has 5 nitrogen and oxygen atoms in total. The third-order valence-electron chi connectivity index (χ3n) is 3.20. The number of fused-ring (bicyclic) bond motifs is 1. The number of hydrogen-bond acceptors (Lipinski definition) is 4. The van der Waals surface area contributed by atoms with Gasteiger partial charge in [0, 0.05) is 36.3 Å². The number of nitrogens with zero attached hydrogens (tertiary/aromatic N) is 4. The van der Waals surface area contributed by atoms with Crippen molar-refractivity contribution < 1.29 is 0 Å². The number of aromatic nitrogens is 4. The fourth-order valence-electron chi connectivity index (χ4n) is 2.20. The van der Waals surface area contributed by atoms with Gasteiger partial charge in [0.2, 0.25) is 0 Å². The van der Waals surface area contributed by atoms with Crippen LogP contribution in [0.5, 0.6) is 0 Å². The maximum Gasteiger partial charge on any atom is 0.155 e. The van der Waals surface area contributed by atoms with E-state index >= 15 is 0 Å². The van der Waals surface area contributed by atoms with Gasteiger partial charge in [-0.15, -0.1) is 0 Å². The van der Waals surface area contributed by atoms with Crippen molar-refractivity contribution in [2.45, 2.75) is 27.3 Å². The average molecular weight is 267 g/mol. The predicted octanol–water partition coefficient (Wildman–Crippen LogP) is 2.66. The second-order valence-corrected chi connectivity index (χ2v) is 4.99. The highest BCUT2D eigenvalue weighted by Crippen LogP contribution is 2.14. The summed E-state index contributed by atoms with van der Waals surface area (Å²) in [6, 6.07) is 6.03. The zero-order valence-corrected chi connectivity index (χ0v) is 11.9. The summed E-state index contributed by atoms with van der Waals surface area (Å²) >= 11 is 0. The van der Waals surface area contributed by atoms with Crippen molar-refractivity contribution in [3.63, 3.8) is 0 Å². The van der Waals surface area contributed by atoms with Crippen LogP contribution in [0.25, 0.3) is 5.65 Å². The SMILES string of the molecule is Cc1ccc(NCc2cnc3cc(C)nn3c2)c(C)n1. The summed E-state index contributed by atoms with van der Waals surface area (Å²) < 4.78 is 1.81. The molecule has 102 valence electrons. The van der Waals surface area contributed by atoms with Gasteiger partial charge < -0.3 is 5.32 Å². The highest BCUT2D eigenvalue weighted by molar-refractivity contribution is 5.48. The lowest BCUT2D eigenvalue weighted by Crippen LogP contribution is -2.04. The summed E-state index contributed by atoms with van der Waals surface area (Å²) in [4.78, 5) is 8.84. The van der Waals surface area contributed by atoms with E-state index < -0.39 is 0 Å². The van der Waals surface area contributed by atoms with Gasteiger partial charge in [-0.25, -0.2) is 9.50 Å². The fourth-order valence-corrected chi connectivity index (χ4v) is 2.20. The van der Waals surface area contributed by atoms with Crippen LogP contribution in [0.3, 0.4) is 0 Å². The number of nitrogens with one attached hydrogen (secondary N) is 1.